The number of para-hydroxylation sites is 1. The van der Waals surface area contributed by atoms with Gasteiger partial charge in [-0.15, -0.1) is 0 Å². The fourth-order valence-corrected chi connectivity index (χ4v) is 2.81. The van der Waals surface area contributed by atoms with Gasteiger partial charge >= 0.3 is 0 Å². The van der Waals surface area contributed by atoms with Crippen molar-refractivity contribution in [2.75, 3.05) is 10.6 Å². The molecule has 2 amide bonds. The molecule has 0 spiro atoms. The Morgan fingerprint density at radius 2 is 1.67 bits per heavy atom. The van der Waals surface area contributed by atoms with Crippen LogP contribution < -0.4 is 10.6 Å². The van der Waals surface area contributed by atoms with Gasteiger partial charge in [-0.25, -0.2) is 4.98 Å². The average molecular weight is 400 g/mol. The number of rotatable bonds is 4. The van der Waals surface area contributed by atoms with Crippen LogP contribution in [0.25, 0.3) is 0 Å². The number of hydrogen-bond donors (Lipinski definition) is 2. The zero-order valence-electron chi connectivity index (χ0n) is 14.3. The number of benzene rings is 2. The lowest BCUT2D eigenvalue weighted by molar-refractivity contribution is 0.102. The molecule has 2 N–H and O–H groups in total. The number of carbonyl (C=O) groups is 2. The number of halogens is 2. The highest BCUT2D eigenvalue weighted by Crippen LogP contribution is 2.21. The highest BCUT2D eigenvalue weighted by Gasteiger charge is 2.17. The molecule has 7 heteroatoms. The standard InChI is InChI=1S/C20H15Cl2N3O2/c1-12-5-4-6-13(11-12)23-19(26)14-7-2-3-8-16(14)24-20(27)18-15(21)9-10-17(22)25-18/h2-11H,1H3,(H,23,26)(H,24,27). The third-order valence-electron chi connectivity index (χ3n) is 3.72. The maximum Gasteiger partial charge on any atom is 0.275 e. The smallest absolute Gasteiger partial charge is 0.275 e. The lowest BCUT2D eigenvalue weighted by Crippen LogP contribution is -2.19. The molecule has 2 aromatic carbocycles. The molecule has 0 saturated heterocycles. The summed E-state index contributed by atoms with van der Waals surface area (Å²) in [6.07, 6.45) is 0. The number of aryl methyl sites for hydroxylation is 1. The summed E-state index contributed by atoms with van der Waals surface area (Å²) in [5, 5.41) is 5.80. The highest BCUT2D eigenvalue weighted by molar-refractivity contribution is 6.35. The van der Waals surface area contributed by atoms with Gasteiger partial charge in [0.2, 0.25) is 0 Å². The summed E-state index contributed by atoms with van der Waals surface area (Å²) in [5.74, 6) is -0.903. The molecule has 3 aromatic rings. The molecule has 0 aliphatic carbocycles. The van der Waals surface area contributed by atoms with E-state index in [1.54, 1.807) is 30.3 Å². The van der Waals surface area contributed by atoms with E-state index in [0.717, 1.165) is 5.56 Å². The van der Waals surface area contributed by atoms with Gasteiger partial charge in [0, 0.05) is 5.69 Å². The lowest BCUT2D eigenvalue weighted by Gasteiger charge is -2.12. The molecule has 0 radical (unpaired) electrons. The zero-order chi connectivity index (χ0) is 19.4. The predicted octanol–water partition coefficient (Wildman–Crippen LogP) is 5.20. The fraction of sp³-hybridized carbons (Fsp3) is 0.0500. The molecule has 0 bridgehead atoms. The molecule has 1 aromatic heterocycles. The summed E-state index contributed by atoms with van der Waals surface area (Å²) >= 11 is 11.9. The molecule has 27 heavy (non-hydrogen) atoms. The summed E-state index contributed by atoms with van der Waals surface area (Å²) in [6.45, 7) is 1.94. The highest BCUT2D eigenvalue weighted by atomic mass is 35.5. The molecule has 136 valence electrons. The van der Waals surface area contributed by atoms with Crippen molar-refractivity contribution in [3.05, 3.63) is 87.7 Å². The van der Waals surface area contributed by atoms with E-state index in [0.29, 0.717) is 16.9 Å². The number of hydrogen-bond acceptors (Lipinski definition) is 3. The fourth-order valence-electron chi connectivity index (χ4n) is 2.47. The van der Waals surface area contributed by atoms with Crippen LogP contribution in [0.2, 0.25) is 10.2 Å². The summed E-state index contributed by atoms with van der Waals surface area (Å²) in [7, 11) is 0. The molecule has 3 rings (SSSR count). The molecule has 0 aliphatic rings. The quantitative estimate of drug-likeness (QED) is 0.592. The summed E-state index contributed by atoms with van der Waals surface area (Å²) < 4.78 is 0. The van der Waals surface area contributed by atoms with Gasteiger partial charge in [-0.3, -0.25) is 9.59 Å². The second kappa shape index (κ2) is 8.20. The second-order valence-corrected chi connectivity index (χ2v) is 6.58. The van der Waals surface area contributed by atoms with Crippen LogP contribution in [0.3, 0.4) is 0 Å². The van der Waals surface area contributed by atoms with Gasteiger partial charge in [0.1, 0.15) is 10.8 Å². The van der Waals surface area contributed by atoms with Crippen molar-refractivity contribution in [2.45, 2.75) is 6.92 Å². The Bertz CT molecular complexity index is 1020. The van der Waals surface area contributed by atoms with Crippen molar-refractivity contribution in [1.82, 2.24) is 4.98 Å². The molecular weight excluding hydrogens is 385 g/mol. The average Bonchev–Trinajstić information content (AvgIpc) is 2.64. The molecular formula is C20H15Cl2N3O2. The third-order valence-corrected chi connectivity index (χ3v) is 4.24. The predicted molar refractivity (Wildman–Crippen MR) is 108 cm³/mol. The minimum atomic E-state index is -0.557. The van der Waals surface area contributed by atoms with Crippen LogP contribution in [0.1, 0.15) is 26.4 Å². The van der Waals surface area contributed by atoms with Gasteiger partial charge in [-0.05, 0) is 48.9 Å². The Hall–Kier alpha value is -2.89. The van der Waals surface area contributed by atoms with Gasteiger partial charge in [-0.2, -0.15) is 0 Å². The molecule has 1 heterocycles. The molecule has 0 fully saturated rings. The normalized spacial score (nSPS) is 10.3. The van der Waals surface area contributed by atoms with E-state index in [-0.39, 0.29) is 21.8 Å². The summed E-state index contributed by atoms with van der Waals surface area (Å²) in [6, 6.07) is 17.1. The number of nitrogens with one attached hydrogen (secondary N) is 2. The van der Waals surface area contributed by atoms with Crippen molar-refractivity contribution < 1.29 is 9.59 Å². The van der Waals surface area contributed by atoms with E-state index >= 15 is 0 Å². The third kappa shape index (κ3) is 4.64. The maximum atomic E-state index is 12.7. The van der Waals surface area contributed by atoms with E-state index in [9.17, 15) is 9.59 Å². The van der Waals surface area contributed by atoms with Crippen molar-refractivity contribution in [3.63, 3.8) is 0 Å². The van der Waals surface area contributed by atoms with Crippen LogP contribution in [0.15, 0.2) is 60.7 Å². The Labute approximate surface area is 166 Å². The number of nitrogens with zero attached hydrogens (tertiary/aromatic N) is 1. The number of aromatic nitrogens is 1. The van der Waals surface area contributed by atoms with Crippen LogP contribution >= 0.6 is 23.2 Å². The largest absolute Gasteiger partial charge is 0.322 e. The molecule has 0 aliphatic heterocycles. The SMILES string of the molecule is Cc1cccc(NC(=O)c2ccccc2NC(=O)c2nc(Cl)ccc2Cl)c1. The van der Waals surface area contributed by atoms with Gasteiger partial charge in [0.05, 0.1) is 16.3 Å². The van der Waals surface area contributed by atoms with Crippen molar-refractivity contribution in [1.29, 1.82) is 0 Å². The number of pyridine rings is 1. The number of amides is 2. The van der Waals surface area contributed by atoms with Crippen LogP contribution in [-0.4, -0.2) is 16.8 Å². The summed E-state index contributed by atoms with van der Waals surface area (Å²) in [5.41, 5.74) is 2.32. The van der Waals surface area contributed by atoms with Gasteiger partial charge < -0.3 is 10.6 Å². The number of carbonyl (C=O) groups excluding carboxylic acids is 2. The first-order chi connectivity index (χ1) is 12.9. The van der Waals surface area contributed by atoms with Crippen LogP contribution in [0, 0.1) is 6.92 Å². The van der Waals surface area contributed by atoms with Gasteiger partial charge in [0.25, 0.3) is 11.8 Å². The van der Waals surface area contributed by atoms with Crippen molar-refractivity contribution in [2.24, 2.45) is 0 Å². The Kier molecular flexibility index (Phi) is 5.74. The van der Waals surface area contributed by atoms with Crippen LogP contribution in [-0.2, 0) is 0 Å². The first-order valence-electron chi connectivity index (χ1n) is 8.04. The van der Waals surface area contributed by atoms with Crippen LogP contribution in [0.4, 0.5) is 11.4 Å². The number of anilines is 2. The topological polar surface area (TPSA) is 71.1 Å². The monoisotopic (exact) mass is 399 g/mol. The molecule has 0 unspecified atom stereocenters. The first kappa shape index (κ1) is 18.9. The van der Waals surface area contributed by atoms with Gasteiger partial charge in [-0.1, -0.05) is 47.5 Å². The van der Waals surface area contributed by atoms with E-state index in [1.165, 1.54) is 12.1 Å². The minimum Gasteiger partial charge on any atom is -0.322 e. The second-order valence-electron chi connectivity index (χ2n) is 5.79. The Morgan fingerprint density at radius 1 is 0.889 bits per heavy atom. The zero-order valence-corrected chi connectivity index (χ0v) is 15.8. The molecule has 5 nitrogen and oxygen atoms in total. The summed E-state index contributed by atoms with van der Waals surface area (Å²) in [4.78, 5) is 29.1. The van der Waals surface area contributed by atoms with Crippen LogP contribution in [0.5, 0.6) is 0 Å². The Morgan fingerprint density at radius 3 is 2.44 bits per heavy atom. The van der Waals surface area contributed by atoms with Crippen molar-refractivity contribution >= 4 is 46.4 Å². The van der Waals surface area contributed by atoms with E-state index in [1.807, 2.05) is 25.1 Å². The first-order valence-corrected chi connectivity index (χ1v) is 8.80. The van der Waals surface area contributed by atoms with Crippen molar-refractivity contribution in [3.8, 4) is 0 Å². The maximum absolute atomic E-state index is 12.7. The molecule has 0 saturated carbocycles. The Balaban J connectivity index is 1.84. The van der Waals surface area contributed by atoms with Gasteiger partial charge in [0.15, 0.2) is 0 Å². The van der Waals surface area contributed by atoms with E-state index < -0.39 is 5.91 Å². The van der Waals surface area contributed by atoms with E-state index in [2.05, 4.69) is 15.6 Å². The minimum absolute atomic E-state index is 0.0157. The molecule has 0 atom stereocenters. The lowest BCUT2D eigenvalue weighted by atomic mass is 10.1. The van der Waals surface area contributed by atoms with E-state index in [4.69, 9.17) is 23.2 Å².